The highest BCUT2D eigenvalue weighted by Gasteiger charge is 2.21. The van der Waals surface area contributed by atoms with Crippen LogP contribution in [-0.4, -0.2) is 25.6 Å². The van der Waals surface area contributed by atoms with Gasteiger partial charge in [-0.3, -0.25) is 4.79 Å². The summed E-state index contributed by atoms with van der Waals surface area (Å²) >= 11 is 0. The molecule has 0 unspecified atom stereocenters. The first-order chi connectivity index (χ1) is 12.2. The molecule has 0 aliphatic heterocycles. The van der Waals surface area contributed by atoms with Crippen molar-refractivity contribution in [3.8, 4) is 5.75 Å². The van der Waals surface area contributed by atoms with Crippen LogP contribution >= 0.6 is 0 Å². The number of carbonyl (C=O) groups excluding carboxylic acids is 2. The summed E-state index contributed by atoms with van der Waals surface area (Å²) in [5.41, 5.74) is 2.95. The fourth-order valence-electron chi connectivity index (χ4n) is 3.09. The second-order valence-electron chi connectivity index (χ2n) is 6.02. The van der Waals surface area contributed by atoms with Gasteiger partial charge in [0.1, 0.15) is 5.75 Å². The van der Waals surface area contributed by atoms with Crippen molar-refractivity contribution >= 4 is 11.9 Å². The van der Waals surface area contributed by atoms with Crippen LogP contribution in [0.3, 0.4) is 0 Å². The Morgan fingerprint density at radius 2 is 1.88 bits per heavy atom. The second-order valence-corrected chi connectivity index (χ2v) is 6.02. The fourth-order valence-corrected chi connectivity index (χ4v) is 3.09. The molecule has 1 amide bonds. The van der Waals surface area contributed by atoms with Crippen LogP contribution in [0.4, 0.5) is 0 Å². The molecule has 1 atom stereocenters. The molecule has 0 spiro atoms. The molecule has 1 aliphatic carbocycles. The summed E-state index contributed by atoms with van der Waals surface area (Å²) in [5, 5.41) is 3.05. The first-order valence-electron chi connectivity index (χ1n) is 8.35. The third kappa shape index (κ3) is 4.18. The molecule has 5 heteroatoms. The Hall–Kier alpha value is -2.82. The first-order valence-corrected chi connectivity index (χ1v) is 8.35. The van der Waals surface area contributed by atoms with Gasteiger partial charge in [0.25, 0.3) is 5.91 Å². The van der Waals surface area contributed by atoms with E-state index in [1.807, 2.05) is 12.1 Å². The lowest BCUT2D eigenvalue weighted by Crippen LogP contribution is -2.34. The van der Waals surface area contributed by atoms with E-state index in [0.29, 0.717) is 11.3 Å². The molecule has 3 rings (SSSR count). The molecular weight excluding hydrogens is 318 g/mol. The molecule has 130 valence electrons. The quantitative estimate of drug-likeness (QED) is 0.851. The van der Waals surface area contributed by atoms with Crippen molar-refractivity contribution in [1.29, 1.82) is 0 Å². The molecule has 1 N–H and O–H groups in total. The number of amides is 1. The third-order valence-corrected chi connectivity index (χ3v) is 4.35. The Bertz CT molecular complexity index is 755. The molecule has 0 heterocycles. The van der Waals surface area contributed by atoms with E-state index in [2.05, 4.69) is 22.2 Å². The summed E-state index contributed by atoms with van der Waals surface area (Å²) in [7, 11) is 1.33. The normalized spacial score (nSPS) is 15.8. The summed E-state index contributed by atoms with van der Waals surface area (Å²) in [5.74, 6) is -0.0224. The van der Waals surface area contributed by atoms with Gasteiger partial charge in [-0.2, -0.15) is 0 Å². The zero-order valence-corrected chi connectivity index (χ0v) is 14.2. The van der Waals surface area contributed by atoms with E-state index in [0.717, 1.165) is 19.3 Å². The average Bonchev–Trinajstić information content (AvgIpc) is 2.66. The number of methoxy groups -OCH3 is 1. The number of fused-ring (bicyclic) bond motifs is 1. The van der Waals surface area contributed by atoms with Crippen molar-refractivity contribution in [3.63, 3.8) is 0 Å². The van der Waals surface area contributed by atoms with Crippen LogP contribution in [0.2, 0.25) is 0 Å². The molecule has 0 saturated heterocycles. The van der Waals surface area contributed by atoms with Crippen molar-refractivity contribution in [2.24, 2.45) is 0 Å². The van der Waals surface area contributed by atoms with Crippen LogP contribution in [-0.2, 0) is 16.0 Å². The number of benzene rings is 2. The van der Waals surface area contributed by atoms with Gasteiger partial charge in [0.15, 0.2) is 6.61 Å². The van der Waals surface area contributed by atoms with Gasteiger partial charge < -0.3 is 14.8 Å². The van der Waals surface area contributed by atoms with Gasteiger partial charge >= 0.3 is 5.97 Å². The number of rotatable bonds is 5. The standard InChI is InChI=1S/C20H21NO4/c1-24-20(23)15-9-11-16(12-10-15)25-13-19(22)21-18-8-4-6-14-5-2-3-7-17(14)18/h2-3,5,7,9-12,18H,4,6,8,13H2,1H3,(H,21,22)/t18-/m0/s1. The summed E-state index contributed by atoms with van der Waals surface area (Å²) in [6.45, 7) is -0.0593. The zero-order valence-electron chi connectivity index (χ0n) is 14.2. The molecule has 2 aromatic carbocycles. The molecular formula is C20H21NO4. The molecule has 2 aromatic rings. The largest absolute Gasteiger partial charge is 0.484 e. The minimum Gasteiger partial charge on any atom is -0.484 e. The predicted octanol–water partition coefficient (Wildman–Crippen LogP) is 3.05. The fraction of sp³-hybridized carbons (Fsp3) is 0.300. The number of nitrogens with one attached hydrogen (secondary N) is 1. The van der Waals surface area contributed by atoms with Gasteiger partial charge in [-0.15, -0.1) is 0 Å². The third-order valence-electron chi connectivity index (χ3n) is 4.35. The Morgan fingerprint density at radius 3 is 2.64 bits per heavy atom. The Kier molecular flexibility index (Phi) is 5.33. The predicted molar refractivity (Wildman–Crippen MR) is 93.5 cm³/mol. The smallest absolute Gasteiger partial charge is 0.337 e. The highest BCUT2D eigenvalue weighted by atomic mass is 16.5. The maximum atomic E-state index is 12.2. The summed E-state index contributed by atoms with van der Waals surface area (Å²) < 4.78 is 10.1. The molecule has 0 bridgehead atoms. The maximum Gasteiger partial charge on any atom is 0.337 e. The average molecular weight is 339 g/mol. The Labute approximate surface area is 147 Å². The number of carbonyl (C=O) groups is 2. The van der Waals surface area contributed by atoms with Gasteiger partial charge in [0.05, 0.1) is 18.7 Å². The van der Waals surface area contributed by atoms with Gasteiger partial charge in [-0.1, -0.05) is 24.3 Å². The molecule has 1 aliphatic rings. The van der Waals surface area contributed by atoms with Crippen molar-refractivity contribution in [2.75, 3.05) is 13.7 Å². The summed E-state index contributed by atoms with van der Waals surface area (Å²) in [6, 6.07) is 14.8. The Morgan fingerprint density at radius 1 is 1.12 bits per heavy atom. The van der Waals surface area contributed by atoms with Crippen LogP contribution in [0.15, 0.2) is 48.5 Å². The van der Waals surface area contributed by atoms with E-state index in [9.17, 15) is 9.59 Å². The van der Waals surface area contributed by atoms with Crippen LogP contribution in [0.1, 0.15) is 40.4 Å². The molecule has 0 aromatic heterocycles. The molecule has 25 heavy (non-hydrogen) atoms. The number of hydrogen-bond donors (Lipinski definition) is 1. The first kappa shape index (κ1) is 17.0. The van der Waals surface area contributed by atoms with E-state index in [1.165, 1.54) is 18.2 Å². The number of hydrogen-bond acceptors (Lipinski definition) is 4. The van der Waals surface area contributed by atoms with Crippen LogP contribution < -0.4 is 10.1 Å². The van der Waals surface area contributed by atoms with E-state index in [1.54, 1.807) is 24.3 Å². The lowest BCUT2D eigenvalue weighted by molar-refractivity contribution is -0.124. The minimum atomic E-state index is -0.403. The molecule has 0 saturated carbocycles. The van der Waals surface area contributed by atoms with Gasteiger partial charge in [-0.25, -0.2) is 4.79 Å². The van der Waals surface area contributed by atoms with E-state index < -0.39 is 5.97 Å². The monoisotopic (exact) mass is 339 g/mol. The van der Waals surface area contributed by atoms with Gasteiger partial charge in [0.2, 0.25) is 0 Å². The van der Waals surface area contributed by atoms with Crippen molar-refractivity contribution in [2.45, 2.75) is 25.3 Å². The van der Waals surface area contributed by atoms with Crippen LogP contribution in [0.25, 0.3) is 0 Å². The summed E-state index contributed by atoms with van der Waals surface area (Å²) in [6.07, 6.45) is 3.07. The topological polar surface area (TPSA) is 64.6 Å². The van der Waals surface area contributed by atoms with Crippen molar-refractivity contribution in [1.82, 2.24) is 5.32 Å². The Balaban J connectivity index is 1.54. The molecule has 5 nitrogen and oxygen atoms in total. The van der Waals surface area contributed by atoms with E-state index >= 15 is 0 Å². The van der Waals surface area contributed by atoms with Crippen LogP contribution in [0, 0.1) is 0 Å². The minimum absolute atomic E-state index is 0.0442. The zero-order chi connectivity index (χ0) is 17.6. The SMILES string of the molecule is COC(=O)c1ccc(OCC(=O)N[C@H]2CCCc3ccccc32)cc1. The number of ether oxygens (including phenoxy) is 2. The number of esters is 1. The molecule has 0 fully saturated rings. The summed E-state index contributed by atoms with van der Waals surface area (Å²) in [4.78, 5) is 23.6. The highest BCUT2D eigenvalue weighted by molar-refractivity contribution is 5.89. The molecule has 0 radical (unpaired) electrons. The second kappa shape index (κ2) is 7.83. The maximum absolute atomic E-state index is 12.2. The highest BCUT2D eigenvalue weighted by Crippen LogP contribution is 2.29. The van der Waals surface area contributed by atoms with Crippen LogP contribution in [0.5, 0.6) is 5.75 Å². The van der Waals surface area contributed by atoms with E-state index in [-0.39, 0.29) is 18.6 Å². The number of aryl methyl sites for hydroxylation is 1. The lowest BCUT2D eigenvalue weighted by Gasteiger charge is -2.26. The van der Waals surface area contributed by atoms with Gasteiger partial charge in [-0.05, 0) is 54.7 Å². The van der Waals surface area contributed by atoms with Gasteiger partial charge in [0, 0.05) is 0 Å². The van der Waals surface area contributed by atoms with Crippen molar-refractivity contribution in [3.05, 3.63) is 65.2 Å². The van der Waals surface area contributed by atoms with E-state index in [4.69, 9.17) is 4.74 Å². The lowest BCUT2D eigenvalue weighted by atomic mass is 9.88. The van der Waals surface area contributed by atoms with Crippen molar-refractivity contribution < 1.29 is 19.1 Å².